The summed E-state index contributed by atoms with van der Waals surface area (Å²) in [5, 5.41) is 12.9. The minimum absolute atomic E-state index is 0.0126. The maximum absolute atomic E-state index is 14.3. The predicted molar refractivity (Wildman–Crippen MR) is 128 cm³/mol. The molecule has 0 atom stereocenters. The number of anilines is 2. The Kier molecular flexibility index (Phi) is 5.46. The van der Waals surface area contributed by atoms with Crippen LogP contribution < -0.4 is 10.1 Å². The number of pyridine rings is 1. The summed E-state index contributed by atoms with van der Waals surface area (Å²) in [6, 6.07) is 2.96. The Labute approximate surface area is 201 Å². The molecule has 0 aliphatic carbocycles. The summed E-state index contributed by atoms with van der Waals surface area (Å²) in [6.45, 7) is 0.757. The van der Waals surface area contributed by atoms with Crippen LogP contribution >= 0.6 is 0 Å². The van der Waals surface area contributed by atoms with Crippen molar-refractivity contribution < 1.29 is 22.1 Å². The van der Waals surface area contributed by atoms with Gasteiger partial charge < -0.3 is 15.0 Å². The molecule has 1 N–H and O–H groups in total. The van der Waals surface area contributed by atoms with Gasteiger partial charge in [0.2, 0.25) is 0 Å². The van der Waals surface area contributed by atoms with E-state index in [9.17, 15) is 14.4 Å². The maximum Gasteiger partial charge on any atom is 0.159 e. The van der Waals surface area contributed by atoms with Crippen molar-refractivity contribution in [2.45, 2.75) is 20.3 Å². The Morgan fingerprint density at radius 3 is 2.94 bits per heavy atom. The van der Waals surface area contributed by atoms with E-state index in [1.807, 2.05) is 6.07 Å². The highest BCUT2D eigenvalue weighted by atomic mass is 19.1. The summed E-state index contributed by atoms with van der Waals surface area (Å²) in [4.78, 5) is 18.9. The molecule has 0 unspecified atom stereocenters. The molecule has 0 fully saturated rings. The van der Waals surface area contributed by atoms with Crippen LogP contribution in [0.1, 0.15) is 31.8 Å². The molecule has 0 amide bonds. The van der Waals surface area contributed by atoms with Crippen molar-refractivity contribution in [2.24, 2.45) is 0 Å². The Balaban J connectivity index is 2.24. The molecule has 3 aromatic rings. The lowest BCUT2D eigenvalue weighted by atomic mass is 10.0. The van der Waals surface area contributed by atoms with Crippen LogP contribution in [0.4, 0.5) is 15.8 Å². The molecule has 6 nitrogen and oxygen atoms in total. The van der Waals surface area contributed by atoms with Crippen LogP contribution in [-0.2, 0) is 11.2 Å². The predicted octanol–water partition coefficient (Wildman–Crippen LogP) is 4.93. The first-order chi connectivity index (χ1) is 18.1. The maximum atomic E-state index is 14.3. The number of likely N-dealkylation sites (N-methyl/N-ethyl adjacent to an activating group) is 1. The number of ether oxygens (including phenoxy) is 1. The first-order valence-corrected chi connectivity index (χ1v) is 10.1. The lowest BCUT2D eigenvalue weighted by Gasteiger charge is -2.15. The first-order valence-electron chi connectivity index (χ1n) is 13.1. The molecule has 7 heteroatoms. The third kappa shape index (κ3) is 5.93. The summed E-state index contributed by atoms with van der Waals surface area (Å²) in [7, 11) is 3.58. The molecule has 1 aromatic heterocycles. The molecule has 1 heterocycles. The van der Waals surface area contributed by atoms with Crippen LogP contribution in [0.5, 0.6) is 5.75 Å². The van der Waals surface area contributed by atoms with Crippen LogP contribution in [0.25, 0.3) is 10.9 Å². The van der Waals surface area contributed by atoms with Gasteiger partial charge in [-0.3, -0.25) is 9.78 Å². The van der Waals surface area contributed by atoms with Crippen LogP contribution in [0.3, 0.4) is 0 Å². The molecule has 0 radical (unpaired) electrons. The summed E-state index contributed by atoms with van der Waals surface area (Å²) >= 11 is 0. The van der Waals surface area contributed by atoms with Crippen LogP contribution in [-0.4, -0.2) is 42.9 Å². The largest absolute Gasteiger partial charge is 0.494 e. The van der Waals surface area contributed by atoms with Crippen molar-refractivity contribution in [3.8, 4) is 11.8 Å². The van der Waals surface area contributed by atoms with Gasteiger partial charge >= 0.3 is 0 Å². The SMILES string of the molecule is [2H]/C(=C\CN(C)C)C(=O)Cc1cc2c(Nc3c([2H])c([2H])c(F)c(C)c3[2H])c(C#N)cnc2cc1OC([2H])([2H])C. The Bertz CT molecular complexity index is 1500. The number of fused-ring (bicyclic) bond motifs is 1. The van der Waals surface area contributed by atoms with Gasteiger partial charge in [0, 0.05) is 41.9 Å². The number of halogens is 1. The number of carbonyl (C=O) groups excluding carboxylic acids is 1. The number of nitrogens with zero attached hydrogens (tertiary/aromatic N) is 3. The molecule has 33 heavy (non-hydrogen) atoms. The van der Waals surface area contributed by atoms with E-state index < -0.39 is 30.2 Å². The summed E-state index contributed by atoms with van der Waals surface area (Å²) in [5.41, 5.74) is 0.238. The highest BCUT2D eigenvalue weighted by molar-refractivity contribution is 5.98. The molecule has 0 saturated carbocycles. The number of rotatable bonds is 9. The monoisotopic (exact) mass is 452 g/mol. The third-order valence-electron chi connectivity index (χ3n) is 4.64. The molecule has 0 aliphatic heterocycles. The zero-order chi connectivity index (χ0) is 29.2. The van der Waals surface area contributed by atoms with E-state index >= 15 is 0 Å². The fraction of sp³-hybridized carbons (Fsp3) is 0.269. The van der Waals surface area contributed by atoms with Crippen LogP contribution in [0, 0.1) is 24.1 Å². The first kappa shape index (κ1) is 16.8. The van der Waals surface area contributed by atoms with Gasteiger partial charge in [-0.1, -0.05) is 6.08 Å². The van der Waals surface area contributed by atoms with Crippen molar-refractivity contribution in [1.29, 1.82) is 5.26 Å². The van der Waals surface area contributed by atoms with Gasteiger partial charge in [0.25, 0.3) is 0 Å². The van der Waals surface area contributed by atoms with E-state index in [1.54, 1.807) is 19.0 Å². The number of ketones is 1. The van der Waals surface area contributed by atoms with Gasteiger partial charge in [-0.15, -0.1) is 0 Å². The molecule has 2 aromatic carbocycles. The standard InChI is InChI=1S/C26H27FN4O2/c1-5-33-25-14-24-22(13-18(25)12-21(32)7-6-10-31(3)4)26(19(15-28)16-29-24)30-20-8-9-23(27)17(2)11-20/h6-9,11,13-14,16H,5,10,12H2,1-4H3,(H,29,30)/b7-6+/i5D2,7D,8D,9D,11D. The zero-order valence-corrected chi connectivity index (χ0v) is 18.8. The molecule has 3 rings (SSSR count). The number of benzene rings is 2. The lowest BCUT2D eigenvalue weighted by molar-refractivity contribution is -0.114. The molecular formula is C26H27FN4O2. The van der Waals surface area contributed by atoms with E-state index in [1.165, 1.54) is 38.3 Å². The minimum Gasteiger partial charge on any atom is -0.494 e. The van der Waals surface area contributed by atoms with Gasteiger partial charge in [-0.2, -0.15) is 5.26 Å². The summed E-state index contributed by atoms with van der Waals surface area (Å²) in [5.74, 6) is -1.52. The third-order valence-corrected chi connectivity index (χ3v) is 4.64. The van der Waals surface area contributed by atoms with E-state index in [-0.39, 0.29) is 63.2 Å². The number of allylic oxidation sites excluding steroid dienone is 1. The minimum atomic E-state index is -2.11. The normalized spacial score (nSPS) is 14.5. The van der Waals surface area contributed by atoms with E-state index in [0.29, 0.717) is 6.54 Å². The summed E-state index contributed by atoms with van der Waals surface area (Å²) < 4.78 is 67.9. The highest BCUT2D eigenvalue weighted by Crippen LogP contribution is 2.34. The average molecular weight is 453 g/mol. The van der Waals surface area contributed by atoms with Gasteiger partial charge in [0.1, 0.15) is 17.6 Å². The number of nitriles is 1. The Hall–Kier alpha value is -3.76. The number of aromatic nitrogens is 1. The highest BCUT2D eigenvalue weighted by Gasteiger charge is 2.16. The molecule has 170 valence electrons. The van der Waals surface area contributed by atoms with E-state index in [2.05, 4.69) is 10.3 Å². The van der Waals surface area contributed by atoms with Crippen LogP contribution in [0.15, 0.2) is 48.6 Å². The topological polar surface area (TPSA) is 78.3 Å². The Morgan fingerprint density at radius 1 is 1.45 bits per heavy atom. The zero-order valence-electron chi connectivity index (χ0n) is 24.8. The van der Waals surface area contributed by atoms with Gasteiger partial charge in [0.15, 0.2) is 5.78 Å². The van der Waals surface area contributed by atoms with E-state index in [0.717, 1.165) is 0 Å². The molecule has 0 aliphatic rings. The smallest absolute Gasteiger partial charge is 0.159 e. The fourth-order valence-electron chi connectivity index (χ4n) is 3.07. The quantitative estimate of drug-likeness (QED) is 0.464. The van der Waals surface area contributed by atoms with Crippen molar-refractivity contribution in [2.75, 3.05) is 32.5 Å². The fourth-order valence-corrected chi connectivity index (χ4v) is 3.07. The summed E-state index contributed by atoms with van der Waals surface area (Å²) in [6.07, 6.45) is 2.36. The van der Waals surface area contributed by atoms with Crippen molar-refractivity contribution >= 4 is 28.1 Å². The van der Waals surface area contributed by atoms with Crippen molar-refractivity contribution in [3.63, 3.8) is 0 Å². The molecule has 0 spiro atoms. The van der Waals surface area contributed by atoms with Crippen LogP contribution in [0.2, 0.25) is 0 Å². The van der Waals surface area contributed by atoms with Gasteiger partial charge in [0.05, 0.1) is 31.6 Å². The second-order valence-electron chi connectivity index (χ2n) is 7.47. The van der Waals surface area contributed by atoms with Gasteiger partial charge in [-0.05, 0) is 63.8 Å². The van der Waals surface area contributed by atoms with Crippen molar-refractivity contribution in [3.05, 3.63) is 71.1 Å². The Morgan fingerprint density at radius 2 is 2.24 bits per heavy atom. The number of nitrogens with one attached hydrogen (secondary N) is 1. The molecular weight excluding hydrogens is 419 g/mol. The van der Waals surface area contributed by atoms with E-state index in [4.69, 9.17) is 13.0 Å². The molecule has 0 bridgehead atoms. The number of carbonyl (C=O) groups is 1. The second kappa shape index (κ2) is 10.7. The number of hydrogen-bond acceptors (Lipinski definition) is 6. The van der Waals surface area contributed by atoms with Crippen molar-refractivity contribution in [1.82, 2.24) is 9.88 Å². The average Bonchev–Trinajstić information content (AvgIpc) is 2.86. The van der Waals surface area contributed by atoms with Gasteiger partial charge in [-0.25, -0.2) is 4.39 Å². The number of hydrogen-bond donors (Lipinski definition) is 1. The molecule has 0 saturated heterocycles. The second-order valence-corrected chi connectivity index (χ2v) is 7.47. The lowest BCUT2D eigenvalue weighted by Crippen LogP contribution is -2.11.